The number of carboxylic acid groups (broad SMARTS) is 1. The third-order valence-electron chi connectivity index (χ3n) is 8.58. The Balaban J connectivity index is 1.55. The number of hydrogen-bond donors (Lipinski definition) is 3. The molecule has 4 rings (SSSR count). The maximum absolute atomic E-state index is 14.2. The molecule has 0 saturated heterocycles. The Bertz CT molecular complexity index is 2320. The summed E-state index contributed by atoms with van der Waals surface area (Å²) < 4.78 is 212. The van der Waals surface area contributed by atoms with Crippen LogP contribution in [-0.2, 0) is 19.1 Å². The lowest BCUT2D eigenvalue weighted by Gasteiger charge is -2.41. The van der Waals surface area contributed by atoms with Crippen molar-refractivity contribution in [3.05, 3.63) is 96.1 Å². The summed E-state index contributed by atoms with van der Waals surface area (Å²) in [5.41, 5.74) is 2.86. The second-order valence-corrected chi connectivity index (χ2v) is 13.0. The molecule has 3 N–H and O–H groups in total. The number of nitrogens with zero attached hydrogens (tertiary/aromatic N) is 1. The van der Waals surface area contributed by atoms with E-state index >= 15 is 0 Å². The van der Waals surface area contributed by atoms with E-state index in [0.29, 0.717) is 45.5 Å². The molecule has 9 nitrogen and oxygen atoms in total. The van der Waals surface area contributed by atoms with Gasteiger partial charge in [0.25, 0.3) is 0 Å². The predicted molar refractivity (Wildman–Crippen MR) is 191 cm³/mol. The van der Waals surface area contributed by atoms with E-state index in [2.05, 4.69) is 4.98 Å². The van der Waals surface area contributed by atoms with Crippen molar-refractivity contribution in [1.82, 2.24) is 15.3 Å². The van der Waals surface area contributed by atoms with Gasteiger partial charge >= 0.3 is 53.7 Å². The molecule has 0 radical (unpaired) electrons. The summed E-state index contributed by atoms with van der Waals surface area (Å²) in [5.74, 6) is -50.7. The van der Waals surface area contributed by atoms with Crippen molar-refractivity contribution >= 4 is 30.0 Å². The van der Waals surface area contributed by atoms with E-state index in [1.54, 1.807) is 43.3 Å². The molecule has 0 unspecified atom stereocenters. The van der Waals surface area contributed by atoms with Crippen LogP contribution in [-0.4, -0.2) is 94.4 Å². The van der Waals surface area contributed by atoms with E-state index < -0.39 is 72.7 Å². The average molecular weight is 920 g/mol. The van der Waals surface area contributed by atoms with Gasteiger partial charge in [-0.25, -0.2) is 14.6 Å². The van der Waals surface area contributed by atoms with Crippen LogP contribution in [0.25, 0.3) is 46.1 Å². The Labute approximate surface area is 344 Å². The smallest absolute Gasteiger partial charge is 0.460 e. The summed E-state index contributed by atoms with van der Waals surface area (Å²) in [5, 5.41) is 9.80. The van der Waals surface area contributed by atoms with Crippen LogP contribution in [0.5, 0.6) is 5.75 Å². The number of nitrogens with one attached hydrogen (secondary N) is 2. The molecule has 0 saturated carbocycles. The number of hydrogen-bond acceptors (Lipinski definition) is 6. The molecular weight excluding hydrogens is 891 g/mol. The highest BCUT2D eigenvalue weighted by Gasteiger charge is 2.93. The molecule has 0 fully saturated rings. The Morgan fingerprint density at radius 1 is 0.651 bits per heavy atom. The molecule has 1 aromatic heterocycles. The van der Waals surface area contributed by atoms with Crippen LogP contribution < -0.4 is 10.1 Å². The van der Waals surface area contributed by atoms with Gasteiger partial charge in [0.05, 0.1) is 24.5 Å². The van der Waals surface area contributed by atoms with Crippen LogP contribution in [0.3, 0.4) is 0 Å². The second-order valence-electron chi connectivity index (χ2n) is 13.0. The molecule has 340 valence electrons. The van der Waals surface area contributed by atoms with Gasteiger partial charge < -0.3 is 24.9 Å². The number of benzene rings is 3. The molecule has 0 aliphatic heterocycles. The molecule has 0 bridgehead atoms. The number of carboxylic acids is 1. The number of esters is 1. The Hall–Kier alpha value is -6.49. The number of H-pyrrole nitrogens is 1. The van der Waals surface area contributed by atoms with E-state index in [9.17, 15) is 80.2 Å². The molecule has 0 aliphatic carbocycles. The first-order valence-corrected chi connectivity index (χ1v) is 17.4. The number of rotatable bonds is 18. The van der Waals surface area contributed by atoms with Crippen LogP contribution in [0, 0.1) is 0 Å². The third kappa shape index (κ3) is 10.1. The van der Waals surface area contributed by atoms with Gasteiger partial charge in [-0.05, 0) is 54.5 Å². The number of ether oxygens (including phenoxy) is 2. The number of amides is 1. The zero-order chi connectivity index (χ0) is 47.4. The molecule has 0 aliphatic rings. The summed E-state index contributed by atoms with van der Waals surface area (Å²) in [6, 6.07) is 18.2. The predicted octanol–water partition coefficient (Wildman–Crippen LogP) is 9.95. The molecular formula is C39H28F15N3O6. The number of aromatic amines is 1. The molecule has 0 spiro atoms. The first-order valence-electron chi connectivity index (χ1n) is 17.4. The minimum absolute atomic E-state index is 0.0673. The maximum Gasteiger partial charge on any atom is 0.460 e. The van der Waals surface area contributed by atoms with Crippen molar-refractivity contribution in [3.8, 4) is 39.7 Å². The highest BCUT2D eigenvalue weighted by molar-refractivity contribution is 5.92. The van der Waals surface area contributed by atoms with E-state index in [1.807, 2.05) is 0 Å². The monoisotopic (exact) mass is 919 g/mol. The summed E-state index contributed by atoms with van der Waals surface area (Å²) in [4.78, 5) is 42.6. The maximum atomic E-state index is 14.2. The highest BCUT2D eigenvalue weighted by atomic mass is 19.4. The quantitative estimate of drug-likeness (QED) is 0.0515. The van der Waals surface area contributed by atoms with Gasteiger partial charge in [0, 0.05) is 28.8 Å². The molecule has 1 heterocycles. The zero-order valence-electron chi connectivity index (χ0n) is 31.5. The standard InChI is InChI=1S/C39H28F15N3O6/c1-2-62-29(61)18-8-22-5-11-25(12-6-22)32-56-30(31(57-32)24-13-15-26(16-14-24)63-19-28(59)60)23-9-3-21(4-10-23)7-17-27(58)55-20-33(40,41)34(42,43)35(44,45)36(46,47)37(48,49)38(50,51)39(52,53)54/h3-18H,2,19-20H2,1H3,(H,55,58)(H,56,57)(H,59,60)/b17-7+,18-8+. The van der Waals surface area contributed by atoms with Crippen LogP contribution in [0.1, 0.15) is 18.1 Å². The Morgan fingerprint density at radius 3 is 1.63 bits per heavy atom. The molecule has 63 heavy (non-hydrogen) atoms. The summed E-state index contributed by atoms with van der Waals surface area (Å²) in [6.45, 7) is -1.83. The number of aliphatic carboxylic acids is 1. The van der Waals surface area contributed by atoms with Crippen molar-refractivity contribution in [2.45, 2.75) is 48.6 Å². The topological polar surface area (TPSA) is 131 Å². The molecule has 3 aromatic carbocycles. The Kier molecular flexibility index (Phi) is 14.1. The van der Waals surface area contributed by atoms with Crippen LogP contribution >= 0.6 is 0 Å². The van der Waals surface area contributed by atoms with Gasteiger partial charge in [0.15, 0.2) is 6.61 Å². The highest BCUT2D eigenvalue weighted by Crippen LogP contribution is 2.62. The molecule has 4 aromatic rings. The number of alkyl halides is 15. The van der Waals surface area contributed by atoms with Crippen LogP contribution in [0.4, 0.5) is 65.9 Å². The number of carbonyl (C=O) groups excluding carboxylic acids is 2. The van der Waals surface area contributed by atoms with Crippen molar-refractivity contribution in [3.63, 3.8) is 0 Å². The zero-order valence-corrected chi connectivity index (χ0v) is 31.5. The van der Waals surface area contributed by atoms with Gasteiger partial charge in [-0.2, -0.15) is 65.9 Å². The van der Waals surface area contributed by atoms with Gasteiger partial charge in [0.1, 0.15) is 11.6 Å². The minimum atomic E-state index is -8.44. The number of imidazole rings is 1. The fourth-order valence-electron chi connectivity index (χ4n) is 5.19. The van der Waals surface area contributed by atoms with Gasteiger partial charge in [-0.3, -0.25) is 4.79 Å². The lowest BCUT2D eigenvalue weighted by Crippen LogP contribution is -2.73. The SMILES string of the molecule is CCOC(=O)/C=C/c1ccc(-c2nc(-c3ccc(OCC(=O)O)cc3)c(-c3ccc(/C=C/C(=O)NCC(F)(F)C(F)(F)C(F)(F)C(F)(F)C(F)(F)C(F)(F)C(F)(F)F)cc3)[nH]2)cc1. The Morgan fingerprint density at radius 2 is 1.13 bits per heavy atom. The lowest BCUT2D eigenvalue weighted by atomic mass is 9.91. The van der Waals surface area contributed by atoms with Gasteiger partial charge in [-0.1, -0.05) is 48.5 Å². The third-order valence-corrected chi connectivity index (χ3v) is 8.58. The van der Waals surface area contributed by atoms with E-state index in [0.717, 1.165) is 11.4 Å². The van der Waals surface area contributed by atoms with Crippen LogP contribution in [0.2, 0.25) is 0 Å². The first kappa shape index (κ1) is 49.2. The van der Waals surface area contributed by atoms with Crippen molar-refractivity contribution < 1.29 is 94.8 Å². The first-order chi connectivity index (χ1) is 29.0. The van der Waals surface area contributed by atoms with E-state index in [-0.39, 0.29) is 17.9 Å². The number of aromatic nitrogens is 2. The summed E-state index contributed by atoms with van der Waals surface area (Å²) in [6.07, 6.45) is -3.80. The van der Waals surface area contributed by atoms with E-state index in [1.165, 1.54) is 48.6 Å². The van der Waals surface area contributed by atoms with Crippen molar-refractivity contribution in [1.29, 1.82) is 0 Å². The number of halogens is 15. The summed E-state index contributed by atoms with van der Waals surface area (Å²) >= 11 is 0. The summed E-state index contributed by atoms with van der Waals surface area (Å²) in [7, 11) is 0. The average Bonchev–Trinajstić information content (AvgIpc) is 3.66. The molecule has 1 amide bonds. The molecule has 24 heteroatoms. The van der Waals surface area contributed by atoms with Gasteiger partial charge in [0.2, 0.25) is 5.91 Å². The largest absolute Gasteiger partial charge is 0.482 e. The van der Waals surface area contributed by atoms with Crippen molar-refractivity contribution in [2.75, 3.05) is 19.8 Å². The van der Waals surface area contributed by atoms with Crippen LogP contribution in [0.15, 0.2) is 84.9 Å². The van der Waals surface area contributed by atoms with E-state index in [4.69, 9.17) is 19.6 Å². The second kappa shape index (κ2) is 18.1. The fourth-order valence-corrected chi connectivity index (χ4v) is 5.19. The minimum Gasteiger partial charge on any atom is -0.482 e. The normalized spacial score (nSPS) is 13.4. The van der Waals surface area contributed by atoms with Crippen molar-refractivity contribution in [2.24, 2.45) is 0 Å². The molecule has 0 atom stereocenters. The number of carbonyl (C=O) groups is 3. The fraction of sp³-hybridized carbons (Fsp3) is 0.282. The lowest BCUT2D eigenvalue weighted by molar-refractivity contribution is -0.451. The van der Waals surface area contributed by atoms with Gasteiger partial charge in [-0.15, -0.1) is 0 Å².